The molecule has 210 valence electrons. The van der Waals surface area contributed by atoms with Gasteiger partial charge in [-0.25, -0.2) is 0 Å². The van der Waals surface area contributed by atoms with Gasteiger partial charge in [-0.1, -0.05) is 50.9 Å². The number of pyridine rings is 1. The number of alkyl halides is 3. The van der Waals surface area contributed by atoms with Gasteiger partial charge in [0.1, 0.15) is 0 Å². The molecule has 1 aromatic heterocycles. The summed E-state index contributed by atoms with van der Waals surface area (Å²) >= 11 is 12.1. The largest absolute Gasteiger partial charge is 0.481 e. The Morgan fingerprint density at radius 2 is 1.76 bits per heavy atom. The summed E-state index contributed by atoms with van der Waals surface area (Å²) in [6, 6.07) is -0.855. The predicted octanol–water partition coefficient (Wildman–Crippen LogP) is 5.18. The molecule has 13 heteroatoms. The third kappa shape index (κ3) is 8.17. The lowest BCUT2D eigenvalue weighted by molar-refractivity contribution is -0.144. The third-order valence-electron chi connectivity index (χ3n) is 6.11. The van der Waals surface area contributed by atoms with E-state index in [2.05, 4.69) is 9.98 Å². The summed E-state index contributed by atoms with van der Waals surface area (Å²) in [5.74, 6) is -3.92. The minimum Gasteiger partial charge on any atom is -0.481 e. The molecule has 0 unspecified atom stereocenters. The Bertz CT molecular complexity index is 1110. The lowest BCUT2D eigenvalue weighted by Gasteiger charge is -2.32. The molecule has 2 rings (SSSR count). The molecule has 1 saturated carbocycles. The lowest BCUT2D eigenvalue weighted by atomic mass is 9.78. The van der Waals surface area contributed by atoms with Crippen molar-refractivity contribution in [1.29, 1.82) is 0 Å². The van der Waals surface area contributed by atoms with Gasteiger partial charge in [0.05, 0.1) is 39.7 Å². The molecule has 1 aliphatic rings. The van der Waals surface area contributed by atoms with E-state index in [0.717, 1.165) is 4.90 Å². The Hall–Kier alpha value is -2.66. The van der Waals surface area contributed by atoms with Crippen LogP contribution in [0.5, 0.6) is 0 Å². The van der Waals surface area contributed by atoms with Crippen LogP contribution in [0.15, 0.2) is 29.2 Å². The number of carbonyl (C=O) groups is 3. The fraction of sp³-hybridized carbons (Fsp3) is 0.560. The van der Waals surface area contributed by atoms with Crippen molar-refractivity contribution < 1.29 is 32.7 Å². The second-order valence-electron chi connectivity index (χ2n) is 10.6. The van der Waals surface area contributed by atoms with Crippen molar-refractivity contribution >= 4 is 46.6 Å². The van der Waals surface area contributed by atoms with Gasteiger partial charge >= 0.3 is 12.1 Å². The first-order valence-electron chi connectivity index (χ1n) is 11.9. The number of halogens is 5. The monoisotopic (exact) mass is 578 g/mol. The Kier molecular flexibility index (Phi) is 10.4. The molecule has 0 aliphatic heterocycles. The molecule has 1 heterocycles. The summed E-state index contributed by atoms with van der Waals surface area (Å²) in [6.45, 7) is 6.17. The van der Waals surface area contributed by atoms with Crippen molar-refractivity contribution in [3.8, 4) is 0 Å². The van der Waals surface area contributed by atoms with Crippen LogP contribution in [0, 0.1) is 17.3 Å². The highest BCUT2D eigenvalue weighted by molar-refractivity contribution is 6.39. The number of rotatable bonds is 8. The lowest BCUT2D eigenvalue weighted by Crippen LogP contribution is -2.45. The number of hydrogen-bond acceptors (Lipinski definition) is 6. The molecule has 1 aliphatic carbocycles. The highest BCUT2D eigenvalue weighted by atomic mass is 35.5. The van der Waals surface area contributed by atoms with Crippen LogP contribution in [0.25, 0.3) is 0 Å². The highest BCUT2D eigenvalue weighted by Crippen LogP contribution is 2.34. The Morgan fingerprint density at radius 3 is 2.21 bits per heavy atom. The number of nitrogens with two attached hydrogens (primary N) is 1. The number of aliphatic carboxylic acids is 1. The number of carbonyl (C=O) groups excluding carboxylic acids is 2. The van der Waals surface area contributed by atoms with Crippen LogP contribution in [0.3, 0.4) is 0 Å². The van der Waals surface area contributed by atoms with Crippen molar-refractivity contribution in [3.05, 3.63) is 39.8 Å². The zero-order valence-corrected chi connectivity index (χ0v) is 23.0. The topological polar surface area (TPSA) is 126 Å². The summed E-state index contributed by atoms with van der Waals surface area (Å²) in [5, 5.41) is 9.18. The van der Waals surface area contributed by atoms with E-state index in [9.17, 15) is 32.7 Å². The quantitative estimate of drug-likeness (QED) is 0.248. The second-order valence-corrected chi connectivity index (χ2v) is 11.4. The molecule has 38 heavy (non-hydrogen) atoms. The van der Waals surface area contributed by atoms with E-state index in [1.165, 1.54) is 12.4 Å². The van der Waals surface area contributed by atoms with Crippen LogP contribution >= 0.6 is 23.2 Å². The number of carboxylic acid groups (broad SMARTS) is 1. The normalized spacial score (nSPS) is 21.2. The third-order valence-corrected chi connectivity index (χ3v) is 6.68. The molecular weight excluding hydrogens is 548 g/mol. The summed E-state index contributed by atoms with van der Waals surface area (Å²) in [4.78, 5) is 46.5. The molecule has 3 atom stereocenters. The van der Waals surface area contributed by atoms with Gasteiger partial charge in [-0.15, -0.1) is 0 Å². The number of amides is 1. The minimum absolute atomic E-state index is 0.0659. The molecule has 1 fully saturated rings. The highest BCUT2D eigenvalue weighted by Gasteiger charge is 2.43. The fourth-order valence-corrected chi connectivity index (χ4v) is 5.03. The molecule has 0 aromatic carbocycles. The number of aromatic nitrogens is 1. The van der Waals surface area contributed by atoms with Gasteiger partial charge in [0.15, 0.2) is 11.5 Å². The average Bonchev–Trinajstić information content (AvgIpc) is 2.76. The molecule has 1 amide bonds. The molecule has 0 bridgehead atoms. The van der Waals surface area contributed by atoms with E-state index in [-0.39, 0.29) is 41.4 Å². The Balaban J connectivity index is 2.45. The predicted molar refractivity (Wildman–Crippen MR) is 138 cm³/mol. The van der Waals surface area contributed by atoms with E-state index >= 15 is 0 Å². The Morgan fingerprint density at radius 1 is 1.18 bits per heavy atom. The molecule has 0 saturated heterocycles. The smallest absolute Gasteiger partial charge is 0.433 e. The molecular formula is C25H31Cl2F3N4O4. The van der Waals surface area contributed by atoms with Crippen LogP contribution < -0.4 is 5.73 Å². The number of ketones is 1. The first-order chi connectivity index (χ1) is 17.5. The first-order valence-corrected chi connectivity index (χ1v) is 12.6. The summed E-state index contributed by atoms with van der Waals surface area (Å²) < 4.78 is 42.6. The summed E-state index contributed by atoms with van der Waals surface area (Å²) in [5.41, 5.74) is 2.46. The SMILES string of the molecule is C[C@H]1C[C@@H](N=C(C(=CN)C(=O)N(CC(=O)c2c(Cl)cncc2Cl)CC(C)(C)C)C(F)(F)F)CC[C@@H]1C(=O)O. The van der Waals surface area contributed by atoms with Crippen LogP contribution in [0.2, 0.25) is 10.0 Å². The molecule has 8 nitrogen and oxygen atoms in total. The van der Waals surface area contributed by atoms with Gasteiger partial charge in [-0.2, -0.15) is 13.2 Å². The zero-order valence-electron chi connectivity index (χ0n) is 21.5. The van der Waals surface area contributed by atoms with Gasteiger partial charge in [0.2, 0.25) is 0 Å². The molecule has 0 spiro atoms. The van der Waals surface area contributed by atoms with E-state index in [4.69, 9.17) is 28.9 Å². The van der Waals surface area contributed by atoms with E-state index < -0.39 is 65.0 Å². The maximum absolute atomic E-state index is 14.2. The maximum atomic E-state index is 14.2. The van der Waals surface area contributed by atoms with Gasteiger partial charge in [-0.3, -0.25) is 24.4 Å². The number of Topliss-reactive ketones (excluding diaryl/α,β-unsaturated/α-hetero) is 1. The number of nitrogens with zero attached hydrogens (tertiary/aromatic N) is 3. The van der Waals surface area contributed by atoms with E-state index in [1.807, 2.05) is 0 Å². The van der Waals surface area contributed by atoms with Crippen molar-refractivity contribution in [2.45, 2.75) is 59.2 Å². The fourth-order valence-electron chi connectivity index (χ4n) is 4.45. The number of aliphatic imine (C=N–C) groups is 1. The van der Waals surface area contributed by atoms with Crippen LogP contribution in [-0.2, 0) is 9.59 Å². The number of hydrogen-bond donors (Lipinski definition) is 2. The van der Waals surface area contributed by atoms with Crippen molar-refractivity contribution in [3.63, 3.8) is 0 Å². The summed E-state index contributed by atoms with van der Waals surface area (Å²) in [7, 11) is 0. The average molecular weight is 579 g/mol. The van der Waals surface area contributed by atoms with Crippen LogP contribution in [-0.4, -0.2) is 63.7 Å². The second kappa shape index (κ2) is 12.5. The van der Waals surface area contributed by atoms with Crippen molar-refractivity contribution in [2.24, 2.45) is 28.0 Å². The van der Waals surface area contributed by atoms with Crippen LogP contribution in [0.1, 0.15) is 57.3 Å². The van der Waals surface area contributed by atoms with Crippen molar-refractivity contribution in [1.82, 2.24) is 9.88 Å². The van der Waals surface area contributed by atoms with Gasteiger partial charge in [0, 0.05) is 25.1 Å². The standard InChI is InChI=1S/C25H31Cl2F3N4O4/c1-13-7-14(5-6-15(13)23(37)38)33-21(25(28,29)30)16(8-31)22(36)34(12-24(2,3)4)11-19(35)20-17(26)9-32-10-18(20)27/h8-10,13-15H,5-7,11-12,31H2,1-4H3,(H,37,38)/t13-,14-,15-/m0/s1. The summed E-state index contributed by atoms with van der Waals surface area (Å²) in [6.07, 6.45) is -1.76. The first kappa shape index (κ1) is 31.6. The molecule has 0 radical (unpaired) electrons. The number of carboxylic acids is 1. The zero-order chi connectivity index (χ0) is 29.0. The van der Waals surface area contributed by atoms with E-state index in [1.54, 1.807) is 27.7 Å². The molecule has 1 aromatic rings. The van der Waals surface area contributed by atoms with E-state index in [0.29, 0.717) is 6.20 Å². The Labute approximate surface area is 229 Å². The maximum Gasteiger partial charge on any atom is 0.433 e. The van der Waals surface area contributed by atoms with Crippen molar-refractivity contribution in [2.75, 3.05) is 13.1 Å². The minimum atomic E-state index is -5.04. The molecule has 3 N–H and O–H groups in total. The van der Waals surface area contributed by atoms with Gasteiger partial charge < -0.3 is 15.7 Å². The van der Waals surface area contributed by atoms with Crippen LogP contribution in [0.4, 0.5) is 13.2 Å². The van der Waals surface area contributed by atoms with Gasteiger partial charge in [0.25, 0.3) is 5.91 Å². The van der Waals surface area contributed by atoms with Gasteiger partial charge in [-0.05, 0) is 30.6 Å².